The lowest BCUT2D eigenvalue weighted by molar-refractivity contribution is 0.289. The lowest BCUT2D eigenvalue weighted by Crippen LogP contribution is -1.77. The van der Waals surface area contributed by atoms with E-state index >= 15 is 0 Å². The van der Waals surface area contributed by atoms with Gasteiger partial charge in [-0.25, -0.2) is 0 Å². The minimum atomic E-state index is 0.0373. The van der Waals surface area contributed by atoms with Gasteiger partial charge < -0.3 is 10.2 Å². The Labute approximate surface area is 55.1 Å². The first kappa shape index (κ1) is 8.44. The standard InChI is InChI=1S/C7H12O2/c8-6-4-2-1-3-5-7-9/h1,5,8-9H,2,4,6-7H2. The zero-order chi connectivity index (χ0) is 6.95. The average molecular weight is 128 g/mol. The van der Waals surface area contributed by atoms with Crippen LogP contribution in [0.1, 0.15) is 12.8 Å². The molecule has 0 spiro atoms. The lowest BCUT2D eigenvalue weighted by atomic mass is 10.3. The van der Waals surface area contributed by atoms with Crippen molar-refractivity contribution in [2.75, 3.05) is 13.2 Å². The van der Waals surface area contributed by atoms with Crippen molar-refractivity contribution in [3.8, 4) is 0 Å². The van der Waals surface area contributed by atoms with Gasteiger partial charge in [-0.3, -0.25) is 0 Å². The van der Waals surface area contributed by atoms with Gasteiger partial charge in [-0.15, -0.1) is 5.73 Å². The third-order valence-electron chi connectivity index (χ3n) is 0.834. The Morgan fingerprint density at radius 2 is 2.00 bits per heavy atom. The molecule has 0 aromatic heterocycles. The Hall–Kier alpha value is -0.560. The normalized spacial score (nSPS) is 8.22. The van der Waals surface area contributed by atoms with E-state index in [1.807, 2.05) is 0 Å². The predicted octanol–water partition coefficient (Wildman–Crippen LogP) is 0.462. The molecule has 0 aliphatic heterocycles. The van der Waals surface area contributed by atoms with Crippen molar-refractivity contribution in [3.63, 3.8) is 0 Å². The summed E-state index contributed by atoms with van der Waals surface area (Å²) in [6.07, 6.45) is 4.93. The van der Waals surface area contributed by atoms with Gasteiger partial charge in [0.15, 0.2) is 0 Å². The molecule has 0 saturated heterocycles. The van der Waals surface area contributed by atoms with E-state index in [4.69, 9.17) is 10.2 Å². The highest BCUT2D eigenvalue weighted by atomic mass is 16.3. The predicted molar refractivity (Wildman–Crippen MR) is 36.1 cm³/mol. The summed E-state index contributed by atoms with van der Waals surface area (Å²) >= 11 is 0. The number of aliphatic hydroxyl groups is 2. The van der Waals surface area contributed by atoms with E-state index in [1.54, 1.807) is 6.08 Å². The summed E-state index contributed by atoms with van der Waals surface area (Å²) in [6.45, 7) is 0.257. The minimum absolute atomic E-state index is 0.0373. The second-order valence-corrected chi connectivity index (χ2v) is 1.62. The molecule has 0 heterocycles. The molecule has 0 bridgehead atoms. The van der Waals surface area contributed by atoms with E-state index in [1.165, 1.54) is 6.08 Å². The zero-order valence-electron chi connectivity index (χ0n) is 5.38. The van der Waals surface area contributed by atoms with Crippen molar-refractivity contribution in [2.45, 2.75) is 12.8 Å². The smallest absolute Gasteiger partial charge is 0.0686 e. The summed E-state index contributed by atoms with van der Waals surface area (Å²) in [5.41, 5.74) is 2.76. The molecule has 0 radical (unpaired) electrons. The maximum atomic E-state index is 8.32. The molecule has 2 N–H and O–H groups in total. The minimum Gasteiger partial charge on any atom is -0.396 e. The van der Waals surface area contributed by atoms with Gasteiger partial charge >= 0.3 is 0 Å². The fourth-order valence-corrected chi connectivity index (χ4v) is 0.413. The van der Waals surface area contributed by atoms with Crippen LogP contribution in [0.4, 0.5) is 0 Å². The lowest BCUT2D eigenvalue weighted by Gasteiger charge is -1.82. The van der Waals surface area contributed by atoms with E-state index in [-0.39, 0.29) is 13.2 Å². The largest absolute Gasteiger partial charge is 0.396 e. The fraction of sp³-hybridized carbons (Fsp3) is 0.571. The highest BCUT2D eigenvalue weighted by Crippen LogP contribution is 1.85. The van der Waals surface area contributed by atoms with Crippen molar-refractivity contribution in [1.82, 2.24) is 0 Å². The number of rotatable bonds is 4. The summed E-state index contributed by atoms with van der Waals surface area (Å²) in [7, 11) is 0. The number of aliphatic hydroxyl groups excluding tert-OH is 2. The van der Waals surface area contributed by atoms with Crippen molar-refractivity contribution >= 4 is 0 Å². The Balaban J connectivity index is 3.13. The molecule has 0 aromatic carbocycles. The van der Waals surface area contributed by atoms with Crippen molar-refractivity contribution in [1.29, 1.82) is 0 Å². The molecule has 0 aliphatic carbocycles. The molecular weight excluding hydrogens is 116 g/mol. The molecule has 9 heavy (non-hydrogen) atoms. The van der Waals surface area contributed by atoms with Gasteiger partial charge in [0.05, 0.1) is 6.61 Å². The maximum absolute atomic E-state index is 8.32. The van der Waals surface area contributed by atoms with Crippen LogP contribution in [0.5, 0.6) is 0 Å². The van der Waals surface area contributed by atoms with E-state index in [9.17, 15) is 0 Å². The molecule has 2 heteroatoms. The molecule has 52 valence electrons. The molecular formula is C7H12O2. The van der Waals surface area contributed by atoms with Crippen LogP contribution in [-0.2, 0) is 0 Å². The Morgan fingerprint density at radius 3 is 2.56 bits per heavy atom. The van der Waals surface area contributed by atoms with Crippen molar-refractivity contribution in [2.24, 2.45) is 0 Å². The first-order valence-corrected chi connectivity index (χ1v) is 3.03. The molecule has 0 aliphatic rings. The van der Waals surface area contributed by atoms with E-state index in [0.29, 0.717) is 0 Å². The van der Waals surface area contributed by atoms with Crippen LogP contribution in [0, 0.1) is 0 Å². The van der Waals surface area contributed by atoms with Gasteiger partial charge in [0.1, 0.15) is 0 Å². The van der Waals surface area contributed by atoms with Crippen LogP contribution in [0.25, 0.3) is 0 Å². The topological polar surface area (TPSA) is 40.5 Å². The highest BCUT2D eigenvalue weighted by molar-refractivity contribution is 4.83. The highest BCUT2D eigenvalue weighted by Gasteiger charge is 1.74. The summed E-state index contributed by atoms with van der Waals surface area (Å²) in [5.74, 6) is 0. The van der Waals surface area contributed by atoms with Gasteiger partial charge in [-0.2, -0.15) is 0 Å². The third kappa shape index (κ3) is 7.44. The molecule has 2 nitrogen and oxygen atoms in total. The number of hydrogen-bond donors (Lipinski definition) is 2. The molecule has 0 rings (SSSR count). The third-order valence-corrected chi connectivity index (χ3v) is 0.834. The Kier molecular flexibility index (Phi) is 6.98. The summed E-state index contributed by atoms with van der Waals surface area (Å²) in [4.78, 5) is 0. The van der Waals surface area contributed by atoms with Gasteiger partial charge in [-0.05, 0) is 25.0 Å². The average Bonchev–Trinajstić information content (AvgIpc) is 1.89. The van der Waals surface area contributed by atoms with E-state index in [2.05, 4.69) is 5.73 Å². The molecule has 0 aromatic rings. The molecule has 0 saturated carbocycles. The number of unbranched alkanes of at least 4 members (excludes halogenated alkanes) is 1. The van der Waals surface area contributed by atoms with Crippen LogP contribution < -0.4 is 0 Å². The first-order valence-electron chi connectivity index (χ1n) is 3.03. The van der Waals surface area contributed by atoms with Crippen LogP contribution in [0.15, 0.2) is 17.9 Å². The Morgan fingerprint density at radius 1 is 1.22 bits per heavy atom. The molecule has 0 unspecified atom stereocenters. The second-order valence-electron chi connectivity index (χ2n) is 1.62. The van der Waals surface area contributed by atoms with Crippen molar-refractivity contribution in [3.05, 3.63) is 17.9 Å². The SMILES string of the molecule is OCC=C=CCCCO. The second kappa shape index (κ2) is 7.44. The summed E-state index contributed by atoms with van der Waals surface area (Å²) < 4.78 is 0. The Bertz CT molecular complexity index is 101. The summed E-state index contributed by atoms with van der Waals surface area (Å²) in [5, 5.41) is 16.6. The van der Waals surface area contributed by atoms with E-state index < -0.39 is 0 Å². The fourth-order valence-electron chi connectivity index (χ4n) is 0.413. The quantitative estimate of drug-likeness (QED) is 0.426. The maximum Gasteiger partial charge on any atom is 0.0686 e. The van der Waals surface area contributed by atoms with Crippen LogP contribution in [0.3, 0.4) is 0 Å². The van der Waals surface area contributed by atoms with Crippen molar-refractivity contribution < 1.29 is 10.2 Å². The molecule has 0 atom stereocenters. The van der Waals surface area contributed by atoms with Crippen LogP contribution in [-0.4, -0.2) is 23.4 Å². The monoisotopic (exact) mass is 128 g/mol. The molecule has 0 amide bonds. The first-order chi connectivity index (χ1) is 4.41. The summed E-state index contributed by atoms with van der Waals surface area (Å²) in [6, 6.07) is 0. The van der Waals surface area contributed by atoms with Gasteiger partial charge in [0.25, 0.3) is 0 Å². The van der Waals surface area contributed by atoms with Crippen LogP contribution in [0.2, 0.25) is 0 Å². The van der Waals surface area contributed by atoms with Crippen LogP contribution >= 0.6 is 0 Å². The van der Waals surface area contributed by atoms with Gasteiger partial charge in [0, 0.05) is 6.61 Å². The molecule has 0 fully saturated rings. The van der Waals surface area contributed by atoms with Gasteiger partial charge in [0.2, 0.25) is 0 Å². The van der Waals surface area contributed by atoms with E-state index in [0.717, 1.165) is 12.8 Å². The zero-order valence-corrected chi connectivity index (χ0v) is 5.38. The van der Waals surface area contributed by atoms with Gasteiger partial charge in [-0.1, -0.05) is 0 Å². The number of hydrogen-bond acceptors (Lipinski definition) is 2.